The molecule has 0 atom stereocenters. The van der Waals surface area contributed by atoms with Crippen molar-refractivity contribution in [2.75, 3.05) is 18.0 Å². The van der Waals surface area contributed by atoms with Gasteiger partial charge in [-0.05, 0) is 31.4 Å². The Labute approximate surface area is 131 Å². The van der Waals surface area contributed by atoms with Gasteiger partial charge >= 0.3 is 6.18 Å². The summed E-state index contributed by atoms with van der Waals surface area (Å²) >= 11 is 0. The summed E-state index contributed by atoms with van der Waals surface area (Å²) in [5, 5.41) is 13.0. The molecule has 3 rings (SSSR count). The third kappa shape index (κ3) is 2.89. The van der Waals surface area contributed by atoms with Crippen molar-refractivity contribution in [2.24, 2.45) is 0 Å². The lowest BCUT2D eigenvalue weighted by Crippen LogP contribution is -2.31. The number of rotatable bonds is 2. The first-order valence-corrected chi connectivity index (χ1v) is 7.43. The third-order valence-corrected chi connectivity index (χ3v) is 3.90. The molecule has 1 saturated heterocycles. The molecule has 0 aliphatic carbocycles. The maximum Gasteiger partial charge on any atom is 0.436 e. The highest BCUT2D eigenvalue weighted by molar-refractivity contribution is 5.61. The van der Waals surface area contributed by atoms with Crippen LogP contribution >= 0.6 is 0 Å². The van der Waals surface area contributed by atoms with Gasteiger partial charge in [0.25, 0.3) is 0 Å². The van der Waals surface area contributed by atoms with E-state index in [1.165, 1.54) is 4.68 Å². The molecule has 7 heteroatoms. The number of halogens is 3. The molecule has 0 radical (unpaired) electrons. The largest absolute Gasteiger partial charge is 0.436 e. The summed E-state index contributed by atoms with van der Waals surface area (Å²) in [7, 11) is 0. The maximum absolute atomic E-state index is 13.3. The van der Waals surface area contributed by atoms with E-state index in [4.69, 9.17) is 0 Å². The zero-order valence-corrected chi connectivity index (χ0v) is 12.3. The molecule has 23 heavy (non-hydrogen) atoms. The summed E-state index contributed by atoms with van der Waals surface area (Å²) in [6, 6.07) is 10.3. The molecule has 1 aliphatic heterocycles. The van der Waals surface area contributed by atoms with Crippen LogP contribution in [0, 0.1) is 11.3 Å². The van der Waals surface area contributed by atoms with Crippen LogP contribution in [0.4, 0.5) is 19.0 Å². The van der Waals surface area contributed by atoms with Gasteiger partial charge in [-0.25, -0.2) is 4.68 Å². The first-order valence-electron chi connectivity index (χ1n) is 7.43. The number of piperidine rings is 1. The Morgan fingerprint density at radius 3 is 2.26 bits per heavy atom. The van der Waals surface area contributed by atoms with Gasteiger partial charge < -0.3 is 4.90 Å². The average Bonchev–Trinajstić information content (AvgIpc) is 2.96. The Morgan fingerprint density at radius 1 is 1.04 bits per heavy atom. The number of nitriles is 1. The highest BCUT2D eigenvalue weighted by atomic mass is 19.4. The molecule has 0 unspecified atom stereocenters. The molecule has 0 amide bonds. The molecule has 1 aromatic carbocycles. The fraction of sp³-hybridized carbons (Fsp3) is 0.375. The molecule has 4 nitrogen and oxygen atoms in total. The fourth-order valence-electron chi connectivity index (χ4n) is 2.86. The van der Waals surface area contributed by atoms with Gasteiger partial charge in [0.1, 0.15) is 11.6 Å². The highest BCUT2D eigenvalue weighted by Gasteiger charge is 2.41. The van der Waals surface area contributed by atoms with Crippen LogP contribution in [0.15, 0.2) is 30.3 Å². The van der Waals surface area contributed by atoms with Gasteiger partial charge in [0.05, 0.1) is 5.69 Å². The van der Waals surface area contributed by atoms with Crippen LogP contribution in [-0.2, 0) is 6.18 Å². The van der Waals surface area contributed by atoms with Crippen molar-refractivity contribution < 1.29 is 13.2 Å². The van der Waals surface area contributed by atoms with E-state index in [2.05, 4.69) is 5.10 Å². The smallest absolute Gasteiger partial charge is 0.355 e. The molecule has 0 saturated carbocycles. The van der Waals surface area contributed by atoms with Gasteiger partial charge in [0.15, 0.2) is 11.5 Å². The molecule has 2 aromatic rings. The topological polar surface area (TPSA) is 44.9 Å². The summed E-state index contributed by atoms with van der Waals surface area (Å²) < 4.78 is 41.0. The van der Waals surface area contributed by atoms with Crippen molar-refractivity contribution >= 4 is 5.82 Å². The second kappa shape index (κ2) is 5.95. The van der Waals surface area contributed by atoms with Gasteiger partial charge in [-0.2, -0.15) is 23.5 Å². The van der Waals surface area contributed by atoms with E-state index in [9.17, 15) is 18.4 Å². The molecular weight excluding hydrogens is 305 g/mol. The minimum absolute atomic E-state index is 0.241. The summed E-state index contributed by atoms with van der Waals surface area (Å²) in [6.07, 6.45) is -1.82. The van der Waals surface area contributed by atoms with Crippen LogP contribution in [0.5, 0.6) is 0 Å². The van der Waals surface area contributed by atoms with Gasteiger partial charge in [0.2, 0.25) is 0 Å². The third-order valence-electron chi connectivity index (χ3n) is 3.90. The molecule has 2 heterocycles. The summed E-state index contributed by atoms with van der Waals surface area (Å²) in [5.74, 6) is 0.241. The summed E-state index contributed by atoms with van der Waals surface area (Å²) in [5.41, 5.74) is -1.01. The predicted molar refractivity (Wildman–Crippen MR) is 79.3 cm³/mol. The Kier molecular flexibility index (Phi) is 3.99. The molecule has 1 aliphatic rings. The Morgan fingerprint density at radius 2 is 1.70 bits per heavy atom. The first-order chi connectivity index (χ1) is 11.0. The number of anilines is 1. The SMILES string of the molecule is N#Cc1c(C(F)(F)F)nn(-c2ccccc2)c1N1CCCCC1. The van der Waals surface area contributed by atoms with Crippen LogP contribution in [0.25, 0.3) is 5.69 Å². The Bertz CT molecular complexity index is 722. The number of benzene rings is 1. The van der Waals surface area contributed by atoms with Crippen molar-refractivity contribution in [1.29, 1.82) is 5.26 Å². The van der Waals surface area contributed by atoms with Gasteiger partial charge in [-0.3, -0.25) is 0 Å². The highest BCUT2D eigenvalue weighted by Crippen LogP contribution is 2.37. The van der Waals surface area contributed by atoms with Gasteiger partial charge in [0, 0.05) is 13.1 Å². The van der Waals surface area contributed by atoms with E-state index in [0.717, 1.165) is 19.3 Å². The number of para-hydroxylation sites is 1. The zero-order chi connectivity index (χ0) is 16.4. The monoisotopic (exact) mass is 320 g/mol. The number of hydrogen-bond acceptors (Lipinski definition) is 3. The van der Waals surface area contributed by atoms with Gasteiger partial charge in [-0.1, -0.05) is 18.2 Å². The lowest BCUT2D eigenvalue weighted by atomic mass is 10.1. The Hall–Kier alpha value is -2.49. The number of hydrogen-bond donors (Lipinski definition) is 0. The molecule has 0 bridgehead atoms. The molecule has 0 N–H and O–H groups in total. The van der Waals surface area contributed by atoms with Crippen LogP contribution in [0.3, 0.4) is 0 Å². The second-order valence-electron chi connectivity index (χ2n) is 5.45. The van der Waals surface area contributed by atoms with Crippen molar-refractivity contribution in [1.82, 2.24) is 9.78 Å². The Balaban J connectivity index is 2.21. The number of nitrogens with zero attached hydrogens (tertiary/aromatic N) is 4. The van der Waals surface area contributed by atoms with Crippen LogP contribution in [-0.4, -0.2) is 22.9 Å². The quantitative estimate of drug-likeness (QED) is 0.846. The molecule has 1 aromatic heterocycles. The predicted octanol–water partition coefficient (Wildman–Crippen LogP) is 3.75. The van der Waals surface area contributed by atoms with Crippen molar-refractivity contribution in [3.05, 3.63) is 41.6 Å². The summed E-state index contributed by atoms with van der Waals surface area (Å²) in [4.78, 5) is 1.83. The molecule has 0 spiro atoms. The summed E-state index contributed by atoms with van der Waals surface area (Å²) in [6.45, 7) is 1.26. The zero-order valence-electron chi connectivity index (χ0n) is 12.3. The minimum Gasteiger partial charge on any atom is -0.355 e. The average molecular weight is 320 g/mol. The number of aromatic nitrogens is 2. The van der Waals surface area contributed by atoms with Crippen LogP contribution in [0.1, 0.15) is 30.5 Å². The van der Waals surface area contributed by atoms with Crippen LogP contribution in [0.2, 0.25) is 0 Å². The lowest BCUT2D eigenvalue weighted by Gasteiger charge is -2.29. The molecule has 120 valence electrons. The molecule has 1 fully saturated rings. The maximum atomic E-state index is 13.3. The normalized spacial score (nSPS) is 15.5. The standard InChI is InChI=1S/C16H15F3N4/c17-16(18,19)14-13(11-20)15(22-9-5-2-6-10-22)23(21-14)12-7-3-1-4-8-12/h1,3-4,7-8H,2,5-6,9-10H2. The van der Waals surface area contributed by atoms with E-state index in [1.54, 1.807) is 36.4 Å². The lowest BCUT2D eigenvalue weighted by molar-refractivity contribution is -0.141. The van der Waals surface area contributed by atoms with E-state index < -0.39 is 17.4 Å². The van der Waals surface area contributed by atoms with Crippen molar-refractivity contribution in [3.8, 4) is 11.8 Å². The fourth-order valence-corrected chi connectivity index (χ4v) is 2.86. The first kappa shape index (κ1) is 15.4. The minimum atomic E-state index is -4.66. The van der Waals surface area contributed by atoms with E-state index in [0.29, 0.717) is 18.8 Å². The van der Waals surface area contributed by atoms with Crippen molar-refractivity contribution in [2.45, 2.75) is 25.4 Å². The van der Waals surface area contributed by atoms with E-state index >= 15 is 0 Å². The van der Waals surface area contributed by atoms with Gasteiger partial charge in [-0.15, -0.1) is 0 Å². The molecular formula is C16H15F3N4. The second-order valence-corrected chi connectivity index (χ2v) is 5.45. The van der Waals surface area contributed by atoms with Crippen LogP contribution < -0.4 is 4.90 Å². The number of alkyl halides is 3. The van der Waals surface area contributed by atoms with E-state index in [-0.39, 0.29) is 5.82 Å². The van der Waals surface area contributed by atoms with Crippen molar-refractivity contribution in [3.63, 3.8) is 0 Å². The van der Waals surface area contributed by atoms with E-state index in [1.807, 2.05) is 4.90 Å².